The number of hydrogen-bond donors (Lipinski definition) is 0. The Bertz CT molecular complexity index is 1110. The molecule has 0 aromatic heterocycles. The van der Waals surface area contributed by atoms with Crippen molar-refractivity contribution in [3.8, 4) is 0 Å². The van der Waals surface area contributed by atoms with Gasteiger partial charge in [0.15, 0.2) is 4.90 Å². The predicted octanol–water partition coefficient (Wildman–Crippen LogP) is 3.52. The Morgan fingerprint density at radius 2 is 1.86 bits per heavy atom. The summed E-state index contributed by atoms with van der Waals surface area (Å²) in [5, 5.41) is 11.7. The SMILES string of the molecule is Cc1ccc2c(c1)[C@H]1CN(C)CC[C@@H]1N2S(=O)(=O)c1c([N+](=O)[O-])ccc(C)c1C. The van der Waals surface area contributed by atoms with E-state index >= 15 is 0 Å². The standard InChI is InChI=1S/C21H25N3O4S/c1-13-5-7-18-16(11-13)17-12-22(4)10-9-19(17)23(18)29(27,28)21-15(3)14(2)6-8-20(21)24(25)26/h5-8,11,17,19H,9-10,12H2,1-4H3/t17-,19+/m1/s1. The van der Waals surface area contributed by atoms with Crippen LogP contribution in [0.4, 0.5) is 11.4 Å². The molecule has 2 aromatic rings. The summed E-state index contributed by atoms with van der Waals surface area (Å²) in [5.74, 6) is 0.0580. The first-order chi connectivity index (χ1) is 13.6. The summed E-state index contributed by atoms with van der Waals surface area (Å²) in [6.07, 6.45) is 0.687. The zero-order chi connectivity index (χ0) is 21.1. The fraction of sp³-hybridized carbons (Fsp3) is 0.429. The smallest absolute Gasteiger partial charge is 0.290 e. The summed E-state index contributed by atoms with van der Waals surface area (Å²) in [6, 6.07) is 8.48. The molecule has 1 fully saturated rings. The maximum atomic E-state index is 13.9. The predicted molar refractivity (Wildman–Crippen MR) is 112 cm³/mol. The number of nitro benzene ring substituents is 1. The molecule has 1 saturated heterocycles. The van der Waals surface area contributed by atoms with Crippen LogP contribution in [-0.4, -0.2) is 44.4 Å². The number of aryl methyl sites for hydroxylation is 2. The van der Waals surface area contributed by atoms with Crippen molar-refractivity contribution < 1.29 is 13.3 Å². The van der Waals surface area contributed by atoms with Gasteiger partial charge in [-0.15, -0.1) is 0 Å². The first kappa shape index (κ1) is 19.8. The number of fused-ring (bicyclic) bond motifs is 3. The minimum Gasteiger partial charge on any atom is -0.306 e. The van der Waals surface area contributed by atoms with Crippen LogP contribution >= 0.6 is 0 Å². The molecule has 29 heavy (non-hydrogen) atoms. The minimum atomic E-state index is -4.11. The van der Waals surface area contributed by atoms with Crippen molar-refractivity contribution >= 4 is 21.4 Å². The Balaban J connectivity index is 1.95. The van der Waals surface area contributed by atoms with Gasteiger partial charge in [-0.25, -0.2) is 8.42 Å². The van der Waals surface area contributed by atoms with Crippen LogP contribution in [0.3, 0.4) is 0 Å². The zero-order valence-electron chi connectivity index (χ0n) is 17.0. The fourth-order valence-corrected chi connectivity index (χ4v) is 6.88. The third kappa shape index (κ3) is 3.02. The molecule has 2 atom stereocenters. The molecule has 2 aromatic carbocycles. The zero-order valence-corrected chi connectivity index (χ0v) is 17.9. The third-order valence-electron chi connectivity index (χ3n) is 6.27. The molecular formula is C21H25N3O4S. The lowest BCUT2D eigenvalue weighted by molar-refractivity contribution is -0.387. The van der Waals surface area contributed by atoms with E-state index in [2.05, 4.69) is 11.0 Å². The molecule has 0 amide bonds. The minimum absolute atomic E-state index is 0.0580. The molecule has 0 aliphatic carbocycles. The Morgan fingerprint density at radius 1 is 1.14 bits per heavy atom. The molecule has 154 valence electrons. The Morgan fingerprint density at radius 3 is 2.55 bits per heavy atom. The first-order valence-electron chi connectivity index (χ1n) is 9.71. The number of nitrogens with zero attached hydrogens (tertiary/aromatic N) is 3. The average Bonchev–Trinajstić information content (AvgIpc) is 2.97. The largest absolute Gasteiger partial charge is 0.306 e. The van der Waals surface area contributed by atoms with Crippen molar-refractivity contribution in [1.29, 1.82) is 0 Å². The molecule has 2 aliphatic heterocycles. The lowest BCUT2D eigenvalue weighted by atomic mass is 9.89. The summed E-state index contributed by atoms with van der Waals surface area (Å²) >= 11 is 0. The quantitative estimate of drug-likeness (QED) is 0.566. The van der Waals surface area contributed by atoms with Crippen LogP contribution in [0.2, 0.25) is 0 Å². The van der Waals surface area contributed by atoms with Crippen LogP contribution in [0.1, 0.15) is 34.6 Å². The van der Waals surface area contributed by atoms with E-state index in [1.165, 1.54) is 10.4 Å². The second kappa shape index (κ2) is 6.81. The number of piperidine rings is 1. The molecule has 8 heteroatoms. The van der Waals surface area contributed by atoms with E-state index in [4.69, 9.17) is 0 Å². The first-order valence-corrected chi connectivity index (χ1v) is 11.1. The van der Waals surface area contributed by atoms with Crippen molar-refractivity contribution in [2.24, 2.45) is 0 Å². The number of nitro groups is 1. The topological polar surface area (TPSA) is 83.8 Å². The summed E-state index contributed by atoms with van der Waals surface area (Å²) in [5.41, 5.74) is 3.53. The van der Waals surface area contributed by atoms with Gasteiger partial charge in [0.2, 0.25) is 0 Å². The van der Waals surface area contributed by atoms with Gasteiger partial charge in [-0.1, -0.05) is 23.8 Å². The molecular weight excluding hydrogens is 390 g/mol. The highest BCUT2D eigenvalue weighted by molar-refractivity contribution is 7.93. The molecule has 4 rings (SSSR count). The van der Waals surface area contributed by atoms with Crippen molar-refractivity contribution in [2.45, 2.75) is 44.0 Å². The number of likely N-dealkylation sites (N-methyl/N-ethyl adjacent to an activating group) is 1. The lowest BCUT2D eigenvalue weighted by Crippen LogP contribution is -2.47. The monoisotopic (exact) mass is 415 g/mol. The van der Waals surface area contributed by atoms with Crippen molar-refractivity contribution in [3.05, 3.63) is 62.7 Å². The molecule has 0 saturated carbocycles. The number of benzene rings is 2. The van der Waals surface area contributed by atoms with Crippen LogP contribution < -0.4 is 4.31 Å². The Kier molecular flexibility index (Phi) is 4.66. The number of anilines is 1. The van der Waals surface area contributed by atoms with Crippen molar-refractivity contribution in [3.63, 3.8) is 0 Å². The molecule has 2 aliphatic rings. The molecule has 0 unspecified atom stereocenters. The van der Waals surface area contributed by atoms with Crippen LogP contribution in [0, 0.1) is 30.9 Å². The summed E-state index contributed by atoms with van der Waals surface area (Å²) in [6.45, 7) is 6.97. The third-order valence-corrected chi connectivity index (χ3v) is 8.29. The second-order valence-electron chi connectivity index (χ2n) is 8.20. The maximum absolute atomic E-state index is 13.9. The van der Waals surface area contributed by atoms with E-state index in [0.717, 1.165) is 29.8 Å². The van der Waals surface area contributed by atoms with E-state index in [-0.39, 0.29) is 22.5 Å². The molecule has 2 heterocycles. The van der Waals surface area contributed by atoms with Crippen LogP contribution in [0.15, 0.2) is 35.2 Å². The fourth-order valence-electron chi connectivity index (χ4n) is 4.69. The van der Waals surface area contributed by atoms with Gasteiger partial charge in [0.05, 0.1) is 16.7 Å². The van der Waals surface area contributed by atoms with Gasteiger partial charge in [-0.05, 0) is 63.5 Å². The second-order valence-corrected chi connectivity index (χ2v) is 9.95. The summed E-state index contributed by atoms with van der Waals surface area (Å²) < 4.78 is 29.3. The molecule has 7 nitrogen and oxygen atoms in total. The summed E-state index contributed by atoms with van der Waals surface area (Å²) in [7, 11) is -2.07. The molecule has 0 radical (unpaired) electrons. The van der Waals surface area contributed by atoms with E-state index in [0.29, 0.717) is 17.7 Å². The average molecular weight is 416 g/mol. The van der Waals surface area contributed by atoms with Crippen LogP contribution in [-0.2, 0) is 10.0 Å². The summed E-state index contributed by atoms with van der Waals surface area (Å²) in [4.78, 5) is 13.1. The van der Waals surface area contributed by atoms with Gasteiger partial charge in [0, 0.05) is 18.5 Å². The normalized spacial score (nSPS) is 21.7. The van der Waals surface area contributed by atoms with E-state index in [1.54, 1.807) is 19.9 Å². The maximum Gasteiger partial charge on any atom is 0.290 e. The number of hydrogen-bond acceptors (Lipinski definition) is 5. The lowest BCUT2D eigenvalue weighted by Gasteiger charge is -2.36. The van der Waals surface area contributed by atoms with Crippen LogP contribution in [0.5, 0.6) is 0 Å². The molecule has 0 spiro atoms. The van der Waals surface area contributed by atoms with Crippen molar-refractivity contribution in [1.82, 2.24) is 4.90 Å². The van der Waals surface area contributed by atoms with Gasteiger partial charge in [-0.3, -0.25) is 14.4 Å². The highest BCUT2D eigenvalue weighted by Crippen LogP contribution is 2.48. The Labute approximate surface area is 171 Å². The van der Waals surface area contributed by atoms with E-state index in [1.807, 2.05) is 26.1 Å². The number of likely N-dealkylation sites (tertiary alicyclic amines) is 1. The number of rotatable bonds is 3. The molecule has 0 bridgehead atoms. The highest BCUT2D eigenvalue weighted by Gasteiger charge is 2.48. The highest BCUT2D eigenvalue weighted by atomic mass is 32.2. The van der Waals surface area contributed by atoms with Crippen LogP contribution in [0.25, 0.3) is 0 Å². The van der Waals surface area contributed by atoms with Crippen molar-refractivity contribution in [2.75, 3.05) is 24.4 Å². The van der Waals surface area contributed by atoms with Gasteiger partial charge in [0.1, 0.15) is 0 Å². The molecule has 0 N–H and O–H groups in total. The van der Waals surface area contributed by atoms with Gasteiger partial charge in [-0.2, -0.15) is 0 Å². The van der Waals surface area contributed by atoms with Gasteiger partial charge < -0.3 is 4.90 Å². The van der Waals surface area contributed by atoms with E-state index in [9.17, 15) is 18.5 Å². The van der Waals surface area contributed by atoms with E-state index < -0.39 is 14.9 Å². The van der Waals surface area contributed by atoms with Gasteiger partial charge in [0.25, 0.3) is 15.7 Å². The van der Waals surface area contributed by atoms with Gasteiger partial charge >= 0.3 is 0 Å². The Hall–Kier alpha value is -2.45. The number of sulfonamides is 1.